The van der Waals surface area contributed by atoms with Gasteiger partial charge in [-0.05, 0) is 72.6 Å². The number of methoxy groups -OCH3 is 2. The topological polar surface area (TPSA) is 175 Å². The number of nitrogens with zero attached hydrogens (tertiary/aromatic N) is 4. The smallest absolute Gasteiger partial charge is 0.407 e. The Morgan fingerprint density at radius 2 is 1.36 bits per heavy atom. The lowest BCUT2D eigenvalue weighted by atomic mass is 10.0. The van der Waals surface area contributed by atoms with E-state index >= 15 is 0 Å². The number of H-pyrrole nitrogens is 2. The first kappa shape index (κ1) is 38.2. The number of nitrogens with one attached hydrogen (secondary N) is 4. The first-order valence-electron chi connectivity index (χ1n) is 18.2. The van der Waals surface area contributed by atoms with Crippen LogP contribution in [0.2, 0.25) is 0 Å². The average Bonchev–Trinajstić information content (AvgIpc) is 4.04. The zero-order chi connectivity index (χ0) is 38.9. The van der Waals surface area contributed by atoms with Gasteiger partial charge in [-0.25, -0.2) is 19.6 Å². The van der Waals surface area contributed by atoms with Crippen LogP contribution in [0.25, 0.3) is 11.3 Å². The van der Waals surface area contributed by atoms with Crippen LogP contribution in [0.4, 0.5) is 9.59 Å². The Labute approximate surface area is 319 Å². The predicted octanol–water partition coefficient (Wildman–Crippen LogP) is 5.01. The summed E-state index contributed by atoms with van der Waals surface area (Å²) in [5.74, 6) is 12.6. The zero-order valence-corrected chi connectivity index (χ0v) is 31.2. The number of hydrogen-bond donors (Lipinski definition) is 4. The maximum absolute atomic E-state index is 13.8. The molecule has 4 heterocycles. The van der Waals surface area contributed by atoms with Crippen molar-refractivity contribution in [2.75, 3.05) is 27.3 Å². The molecule has 6 rings (SSSR count). The van der Waals surface area contributed by atoms with Crippen molar-refractivity contribution < 1.29 is 28.7 Å². The molecule has 2 aliphatic rings. The van der Waals surface area contributed by atoms with Gasteiger partial charge in [-0.15, -0.1) is 0 Å². The molecule has 0 bridgehead atoms. The lowest BCUT2D eigenvalue weighted by Gasteiger charge is -2.29. The molecule has 0 spiro atoms. The van der Waals surface area contributed by atoms with Gasteiger partial charge < -0.3 is 39.9 Å². The summed E-state index contributed by atoms with van der Waals surface area (Å²) in [7, 11) is 2.54. The molecule has 4 N–H and O–H groups in total. The molecule has 14 nitrogen and oxygen atoms in total. The fourth-order valence-corrected chi connectivity index (χ4v) is 6.94. The molecular weight excluding hydrogens is 701 g/mol. The van der Waals surface area contributed by atoms with Crippen LogP contribution in [0.1, 0.15) is 86.1 Å². The number of likely N-dealkylation sites (tertiary alicyclic amines) is 2. The fourth-order valence-electron chi connectivity index (χ4n) is 6.94. The van der Waals surface area contributed by atoms with Gasteiger partial charge in [0.05, 0.1) is 44.4 Å². The largest absolute Gasteiger partial charge is 0.453 e. The van der Waals surface area contributed by atoms with E-state index in [0.29, 0.717) is 36.0 Å². The van der Waals surface area contributed by atoms with Crippen LogP contribution >= 0.6 is 0 Å². The van der Waals surface area contributed by atoms with Gasteiger partial charge in [0.15, 0.2) is 0 Å². The Hall–Kier alpha value is -6.54. The molecule has 4 amide bonds. The van der Waals surface area contributed by atoms with E-state index in [-0.39, 0.29) is 29.8 Å². The first-order chi connectivity index (χ1) is 26.7. The monoisotopic (exact) mass is 744 g/mol. The Kier molecular flexibility index (Phi) is 12.2. The Morgan fingerprint density at radius 1 is 0.764 bits per heavy atom. The van der Waals surface area contributed by atoms with Crippen molar-refractivity contribution in [3.63, 3.8) is 0 Å². The van der Waals surface area contributed by atoms with Gasteiger partial charge in [0, 0.05) is 18.7 Å². The number of alkyl carbamates (subject to hydrolysis) is 2. The van der Waals surface area contributed by atoms with E-state index in [2.05, 4.69) is 54.3 Å². The van der Waals surface area contributed by atoms with Crippen LogP contribution in [-0.4, -0.2) is 87.1 Å². The number of amides is 4. The number of aromatic nitrogens is 4. The molecule has 2 aliphatic heterocycles. The molecule has 0 aliphatic carbocycles. The Balaban J connectivity index is 1.08. The highest BCUT2D eigenvalue weighted by atomic mass is 16.5. The van der Waals surface area contributed by atoms with Crippen LogP contribution < -0.4 is 10.6 Å². The van der Waals surface area contributed by atoms with Crippen molar-refractivity contribution in [2.24, 2.45) is 5.92 Å². The van der Waals surface area contributed by atoms with Gasteiger partial charge in [-0.3, -0.25) is 9.59 Å². The molecule has 14 heteroatoms. The van der Waals surface area contributed by atoms with E-state index in [1.165, 1.54) is 14.2 Å². The molecule has 55 heavy (non-hydrogen) atoms. The summed E-state index contributed by atoms with van der Waals surface area (Å²) >= 11 is 0. The summed E-state index contributed by atoms with van der Waals surface area (Å²) in [6, 6.07) is 14.7. The summed E-state index contributed by atoms with van der Waals surface area (Å²) in [5, 5.41) is 5.35. The molecule has 2 aromatic carbocycles. The third-order valence-electron chi connectivity index (χ3n) is 9.78. The highest BCUT2D eigenvalue weighted by molar-refractivity contribution is 5.88. The molecule has 0 saturated carbocycles. The number of hydrogen-bond acceptors (Lipinski definition) is 8. The van der Waals surface area contributed by atoms with Crippen LogP contribution in [0.5, 0.6) is 0 Å². The van der Waals surface area contributed by atoms with Crippen molar-refractivity contribution in [1.82, 2.24) is 40.4 Å². The maximum Gasteiger partial charge on any atom is 0.407 e. The van der Waals surface area contributed by atoms with Crippen LogP contribution in [-0.2, 0) is 19.1 Å². The van der Waals surface area contributed by atoms with Crippen LogP contribution in [0.15, 0.2) is 67.0 Å². The average molecular weight is 745 g/mol. The molecule has 4 aromatic rings. The number of carbonyl (C=O) groups excluding carboxylic acids is 4. The minimum absolute atomic E-state index is 0.121. The summed E-state index contributed by atoms with van der Waals surface area (Å²) in [5.41, 5.74) is 3.74. The number of ether oxygens (including phenoxy) is 2. The van der Waals surface area contributed by atoms with Crippen molar-refractivity contribution in [2.45, 2.75) is 63.7 Å². The summed E-state index contributed by atoms with van der Waals surface area (Å²) < 4.78 is 9.52. The number of imidazole rings is 2. The molecular formula is C41H44N8O6. The van der Waals surface area contributed by atoms with E-state index in [4.69, 9.17) is 9.47 Å². The SMILES string of the molecule is COC(=O)N[C@H](C(=O)N1CCC[C@H]1c1ncc(-c2ccc(C#CC#Cc3cnc([C@@H]4CCCN4C(=O)[C@@H](NC(=O)OC)C(C)C)[nH]3)cc2)[nH]1)c1ccccc1. The molecule has 0 unspecified atom stereocenters. The van der Waals surface area contributed by atoms with Crippen molar-refractivity contribution in [3.05, 3.63) is 95.5 Å². The van der Waals surface area contributed by atoms with Crippen molar-refractivity contribution >= 4 is 24.0 Å². The first-order valence-corrected chi connectivity index (χ1v) is 18.2. The quantitative estimate of drug-likeness (QED) is 0.173. The zero-order valence-electron chi connectivity index (χ0n) is 31.2. The predicted molar refractivity (Wildman–Crippen MR) is 203 cm³/mol. The van der Waals surface area contributed by atoms with Gasteiger partial charge in [0.25, 0.3) is 5.91 Å². The Morgan fingerprint density at radius 3 is 2.02 bits per heavy atom. The molecule has 284 valence electrons. The standard InChI is InChI=1S/C41H44N8O6/c1-26(2)34(46-40(52)54-3)38(50)48-22-10-16-32(48)36-42-24-30(44-36)15-9-8-12-27-18-20-28(21-19-27)31-25-43-37(45-31)33-17-11-23-49(33)39(51)35(47-41(53)55-4)29-13-6-5-7-14-29/h5-7,13-14,18-21,24-26,32-35H,10-11,16-17,22-23H2,1-4H3,(H,42,44)(H,43,45)(H,46,52)(H,47,53)/t32-,33-,34-,35-/m0/s1. The second kappa shape index (κ2) is 17.5. The van der Waals surface area contributed by atoms with Gasteiger partial charge in [-0.2, -0.15) is 0 Å². The molecule has 2 aromatic heterocycles. The number of benzene rings is 2. The Bertz CT molecular complexity index is 2120. The van der Waals surface area contributed by atoms with Crippen molar-refractivity contribution in [3.8, 4) is 34.9 Å². The second-order valence-electron chi connectivity index (χ2n) is 13.7. The van der Waals surface area contributed by atoms with Crippen LogP contribution in [0.3, 0.4) is 0 Å². The van der Waals surface area contributed by atoms with Gasteiger partial charge in [-0.1, -0.05) is 62.2 Å². The van der Waals surface area contributed by atoms with Crippen molar-refractivity contribution in [1.29, 1.82) is 0 Å². The summed E-state index contributed by atoms with van der Waals surface area (Å²) in [6.07, 6.45) is 5.17. The van der Waals surface area contributed by atoms with E-state index in [1.54, 1.807) is 34.3 Å². The number of rotatable bonds is 9. The highest BCUT2D eigenvalue weighted by Gasteiger charge is 2.38. The lowest BCUT2D eigenvalue weighted by molar-refractivity contribution is -0.135. The highest BCUT2D eigenvalue weighted by Crippen LogP contribution is 2.34. The molecule has 4 atom stereocenters. The number of carbonyl (C=O) groups is 4. The molecule has 2 fully saturated rings. The van der Waals surface area contributed by atoms with Gasteiger partial charge in [0.1, 0.15) is 29.4 Å². The van der Waals surface area contributed by atoms with E-state index in [1.807, 2.05) is 56.3 Å². The van der Waals surface area contributed by atoms with Crippen LogP contribution in [0, 0.1) is 29.6 Å². The maximum atomic E-state index is 13.8. The summed E-state index contributed by atoms with van der Waals surface area (Å²) in [4.78, 5) is 70.5. The minimum Gasteiger partial charge on any atom is -0.453 e. The lowest BCUT2D eigenvalue weighted by Crippen LogP contribution is -2.51. The molecule has 0 radical (unpaired) electrons. The molecule has 2 saturated heterocycles. The normalized spacial score (nSPS) is 17.3. The van der Waals surface area contributed by atoms with Gasteiger partial charge >= 0.3 is 12.2 Å². The fraction of sp³-hybridized carbons (Fsp3) is 0.366. The van der Waals surface area contributed by atoms with Gasteiger partial charge in [0.2, 0.25) is 5.91 Å². The van der Waals surface area contributed by atoms with E-state index in [9.17, 15) is 19.2 Å². The van der Waals surface area contributed by atoms with E-state index < -0.39 is 24.3 Å². The summed E-state index contributed by atoms with van der Waals surface area (Å²) in [6.45, 7) is 4.86. The van der Waals surface area contributed by atoms with E-state index in [0.717, 1.165) is 42.5 Å². The second-order valence-corrected chi connectivity index (χ2v) is 13.7. The third kappa shape index (κ3) is 8.99. The third-order valence-corrected chi connectivity index (χ3v) is 9.78. The number of aromatic amines is 2. The minimum atomic E-state index is -0.888.